The summed E-state index contributed by atoms with van der Waals surface area (Å²) in [5, 5.41) is 18.7. The van der Waals surface area contributed by atoms with Crippen molar-refractivity contribution in [2.75, 3.05) is 11.9 Å². The van der Waals surface area contributed by atoms with Crippen LogP contribution < -0.4 is 5.32 Å². The summed E-state index contributed by atoms with van der Waals surface area (Å²) in [7, 11) is 0. The number of nitrogens with one attached hydrogen (secondary N) is 1. The smallest absolute Gasteiger partial charge is 0.262 e. The molecular weight excluding hydrogens is 166 g/mol. The molecule has 0 aliphatic rings. The van der Waals surface area contributed by atoms with Crippen molar-refractivity contribution >= 4 is 5.95 Å². The number of hydrogen-bond donors (Lipinski definition) is 1. The average molecular weight is 181 g/mol. The Bertz CT molecular complexity index is 261. The Morgan fingerprint density at radius 3 is 2.00 bits per heavy atom. The second kappa shape index (κ2) is 3.64. The highest BCUT2D eigenvalue weighted by atomic mass is 15.3. The van der Waals surface area contributed by atoms with Gasteiger partial charge in [0.1, 0.15) is 0 Å². The minimum Gasteiger partial charge on any atom is -0.352 e. The van der Waals surface area contributed by atoms with Gasteiger partial charge in [0, 0.05) is 12.0 Å². The van der Waals surface area contributed by atoms with Gasteiger partial charge in [-0.05, 0) is 6.92 Å². The van der Waals surface area contributed by atoms with E-state index in [4.69, 9.17) is 0 Å². The molecule has 1 N–H and O–H groups in total. The van der Waals surface area contributed by atoms with Crippen molar-refractivity contribution in [3.8, 4) is 0 Å². The van der Waals surface area contributed by atoms with E-state index in [2.05, 4.69) is 25.7 Å². The summed E-state index contributed by atoms with van der Waals surface area (Å²) in [5.41, 5.74) is -0.0925. The summed E-state index contributed by atoms with van der Waals surface area (Å²) in [5.74, 6) is 1.14. The van der Waals surface area contributed by atoms with Crippen LogP contribution in [0.15, 0.2) is 0 Å². The average Bonchev–Trinajstić information content (AvgIpc) is 2.04. The third-order valence-corrected chi connectivity index (χ3v) is 1.48. The molecule has 0 atom stereocenters. The first-order valence-electron chi connectivity index (χ1n) is 4.36. The van der Waals surface area contributed by atoms with Crippen LogP contribution in [0.3, 0.4) is 0 Å². The van der Waals surface area contributed by atoms with E-state index in [0.29, 0.717) is 11.8 Å². The fourth-order valence-electron chi connectivity index (χ4n) is 0.758. The molecular formula is C8H15N5. The SMILES string of the molecule is CCNc1nnc(C(C)(C)C)nn1. The van der Waals surface area contributed by atoms with Gasteiger partial charge in [0.05, 0.1) is 0 Å². The summed E-state index contributed by atoms with van der Waals surface area (Å²) in [6, 6.07) is 0. The van der Waals surface area contributed by atoms with Crippen LogP contribution in [0.4, 0.5) is 5.95 Å². The van der Waals surface area contributed by atoms with E-state index in [9.17, 15) is 0 Å². The van der Waals surface area contributed by atoms with Crippen molar-refractivity contribution < 1.29 is 0 Å². The highest BCUT2D eigenvalue weighted by molar-refractivity contribution is 5.18. The predicted octanol–water partition coefficient (Wildman–Crippen LogP) is 0.996. The van der Waals surface area contributed by atoms with E-state index in [-0.39, 0.29) is 5.41 Å². The maximum Gasteiger partial charge on any atom is 0.262 e. The van der Waals surface area contributed by atoms with Gasteiger partial charge in [0.2, 0.25) is 0 Å². The molecule has 5 heteroatoms. The maximum atomic E-state index is 3.98. The van der Waals surface area contributed by atoms with Gasteiger partial charge in [-0.3, -0.25) is 0 Å². The highest BCUT2D eigenvalue weighted by Crippen LogP contribution is 2.15. The Morgan fingerprint density at radius 1 is 1.08 bits per heavy atom. The lowest BCUT2D eigenvalue weighted by Gasteiger charge is -2.13. The Hall–Kier alpha value is -1.26. The second-order valence-corrected chi connectivity index (χ2v) is 3.83. The first-order valence-corrected chi connectivity index (χ1v) is 4.36. The van der Waals surface area contributed by atoms with E-state index < -0.39 is 0 Å². The number of anilines is 1. The lowest BCUT2D eigenvalue weighted by Crippen LogP contribution is -2.19. The van der Waals surface area contributed by atoms with Crippen molar-refractivity contribution in [3.63, 3.8) is 0 Å². The zero-order chi connectivity index (χ0) is 9.90. The van der Waals surface area contributed by atoms with E-state index in [1.165, 1.54) is 0 Å². The van der Waals surface area contributed by atoms with E-state index >= 15 is 0 Å². The molecule has 72 valence electrons. The van der Waals surface area contributed by atoms with Crippen LogP contribution in [0.2, 0.25) is 0 Å². The molecule has 0 aliphatic heterocycles. The molecule has 5 nitrogen and oxygen atoms in total. The first-order chi connectivity index (χ1) is 6.04. The van der Waals surface area contributed by atoms with E-state index in [1.54, 1.807) is 0 Å². The van der Waals surface area contributed by atoms with Gasteiger partial charge in [-0.15, -0.1) is 20.4 Å². The summed E-state index contributed by atoms with van der Waals surface area (Å²) in [6.45, 7) is 8.83. The first kappa shape index (κ1) is 9.83. The van der Waals surface area contributed by atoms with Gasteiger partial charge in [0.25, 0.3) is 5.95 Å². The minimum absolute atomic E-state index is 0.0925. The second-order valence-electron chi connectivity index (χ2n) is 3.83. The van der Waals surface area contributed by atoms with Crippen LogP contribution >= 0.6 is 0 Å². The van der Waals surface area contributed by atoms with Crippen molar-refractivity contribution in [1.82, 2.24) is 20.4 Å². The van der Waals surface area contributed by atoms with Gasteiger partial charge >= 0.3 is 0 Å². The maximum absolute atomic E-state index is 3.98. The Kier molecular flexibility index (Phi) is 2.75. The standard InChI is InChI=1S/C8H15N5/c1-5-9-7-12-10-6(11-13-7)8(2,3)4/h5H2,1-4H3,(H,9,12,13). The Balaban J connectivity index is 2.81. The van der Waals surface area contributed by atoms with E-state index in [0.717, 1.165) is 6.54 Å². The molecule has 0 aromatic carbocycles. The molecule has 0 aliphatic carbocycles. The molecule has 0 spiro atoms. The summed E-state index contributed by atoms with van der Waals surface area (Å²) < 4.78 is 0. The van der Waals surface area contributed by atoms with Crippen molar-refractivity contribution in [2.24, 2.45) is 0 Å². The zero-order valence-corrected chi connectivity index (χ0v) is 8.50. The van der Waals surface area contributed by atoms with Crippen molar-refractivity contribution in [3.05, 3.63) is 5.82 Å². The number of rotatable bonds is 2. The molecule has 0 radical (unpaired) electrons. The molecule has 1 aromatic rings. The van der Waals surface area contributed by atoms with Crippen LogP contribution in [-0.2, 0) is 5.41 Å². The number of nitrogens with zero attached hydrogens (tertiary/aromatic N) is 4. The molecule has 13 heavy (non-hydrogen) atoms. The summed E-state index contributed by atoms with van der Waals surface area (Å²) in [6.07, 6.45) is 0. The lowest BCUT2D eigenvalue weighted by atomic mass is 9.96. The summed E-state index contributed by atoms with van der Waals surface area (Å²) >= 11 is 0. The molecule has 0 fully saturated rings. The number of aromatic nitrogens is 4. The van der Waals surface area contributed by atoms with Crippen LogP contribution in [0.5, 0.6) is 0 Å². The Labute approximate surface area is 78.0 Å². The van der Waals surface area contributed by atoms with Crippen LogP contribution in [0, 0.1) is 0 Å². The van der Waals surface area contributed by atoms with E-state index in [1.807, 2.05) is 27.7 Å². The number of hydrogen-bond acceptors (Lipinski definition) is 5. The molecule has 0 amide bonds. The lowest BCUT2D eigenvalue weighted by molar-refractivity contribution is 0.519. The topological polar surface area (TPSA) is 63.6 Å². The van der Waals surface area contributed by atoms with Crippen LogP contribution in [0.25, 0.3) is 0 Å². The molecule has 0 bridgehead atoms. The van der Waals surface area contributed by atoms with Crippen molar-refractivity contribution in [2.45, 2.75) is 33.1 Å². The highest BCUT2D eigenvalue weighted by Gasteiger charge is 2.18. The Morgan fingerprint density at radius 2 is 1.62 bits per heavy atom. The fraction of sp³-hybridized carbons (Fsp3) is 0.750. The van der Waals surface area contributed by atoms with Crippen molar-refractivity contribution in [1.29, 1.82) is 0 Å². The predicted molar refractivity (Wildman–Crippen MR) is 50.5 cm³/mol. The third-order valence-electron chi connectivity index (χ3n) is 1.48. The van der Waals surface area contributed by atoms with Gasteiger partial charge in [0.15, 0.2) is 5.82 Å². The molecule has 1 aromatic heterocycles. The molecule has 0 saturated heterocycles. The van der Waals surface area contributed by atoms with Gasteiger partial charge < -0.3 is 5.32 Å². The summed E-state index contributed by atoms with van der Waals surface area (Å²) in [4.78, 5) is 0. The van der Waals surface area contributed by atoms with Crippen LogP contribution in [0.1, 0.15) is 33.5 Å². The van der Waals surface area contributed by atoms with Gasteiger partial charge in [-0.1, -0.05) is 20.8 Å². The quantitative estimate of drug-likeness (QED) is 0.737. The minimum atomic E-state index is -0.0925. The largest absolute Gasteiger partial charge is 0.352 e. The fourth-order valence-corrected chi connectivity index (χ4v) is 0.758. The zero-order valence-electron chi connectivity index (χ0n) is 8.50. The molecule has 0 unspecified atom stereocenters. The van der Waals surface area contributed by atoms with Crippen LogP contribution in [-0.4, -0.2) is 26.9 Å². The molecule has 1 rings (SSSR count). The third kappa shape index (κ3) is 2.61. The normalized spacial score (nSPS) is 11.4. The monoisotopic (exact) mass is 181 g/mol. The van der Waals surface area contributed by atoms with Gasteiger partial charge in [-0.2, -0.15) is 0 Å². The van der Waals surface area contributed by atoms with Gasteiger partial charge in [-0.25, -0.2) is 0 Å². The molecule has 1 heterocycles. The molecule has 0 saturated carbocycles.